The minimum absolute atomic E-state index is 1.72. The van der Waals surface area contributed by atoms with Crippen LogP contribution in [0.4, 0.5) is 4.39 Å². The molecule has 5 heteroatoms. The summed E-state index contributed by atoms with van der Waals surface area (Å²) in [5, 5.41) is 0. The number of rotatable bonds is 0. The number of hydrogen-bond donors (Lipinski definition) is 0. The van der Waals surface area contributed by atoms with Crippen molar-refractivity contribution in [2.24, 2.45) is 0 Å². The van der Waals surface area contributed by atoms with Gasteiger partial charge in [-0.15, -0.1) is 0 Å². The molecule has 0 heterocycles. The fourth-order valence-corrected chi connectivity index (χ4v) is 0. The second-order valence-electron chi connectivity index (χ2n) is 0.192. The fourth-order valence-electron chi connectivity index (χ4n) is 0. The number of halogens is 4. The Morgan fingerprint density at radius 1 is 1.50 bits per heavy atom. The fraction of sp³-hybridized carbons (Fsp3) is 0. The van der Waals surface area contributed by atoms with Gasteiger partial charge in [-0.2, -0.15) is 7.18 Å². The summed E-state index contributed by atoms with van der Waals surface area (Å²) in [6, 6.07) is 0. The van der Waals surface area contributed by atoms with Crippen LogP contribution < -0.4 is 0 Å². The van der Waals surface area contributed by atoms with Crippen LogP contribution in [0, 0.1) is 7.18 Å². The molecule has 0 N–H and O–H groups in total. The first kappa shape index (κ1) is 8.70. The van der Waals surface area contributed by atoms with Gasteiger partial charge in [-0.25, -0.2) is 0 Å². The maximum atomic E-state index is 9.25. The van der Waals surface area contributed by atoms with Crippen LogP contribution in [0.15, 0.2) is 0 Å². The Kier molecular flexibility index (Phi) is 15.4. The van der Waals surface area contributed by atoms with Crippen LogP contribution in [-0.4, -0.2) is 0.879 Å². The summed E-state index contributed by atoms with van der Waals surface area (Å²) < 4.78 is 14.6. The SMILES string of the molecule is [2H][V]([I])([I])[I].[CH2-]F. The summed E-state index contributed by atoms with van der Waals surface area (Å²) in [5.74, 6) is 0. The van der Waals surface area contributed by atoms with Gasteiger partial charge >= 0.3 is 65.6 Å². The molecule has 0 fully saturated rings. The predicted octanol–water partition coefficient (Wildman–Crippen LogP) is 3.13. The van der Waals surface area contributed by atoms with E-state index in [0.717, 1.165) is 0 Å². The Hall–Kier alpha value is 2.70. The van der Waals surface area contributed by atoms with Crippen LogP contribution in [0.3, 0.4) is 0 Å². The molecule has 6 heavy (non-hydrogen) atoms. The molecule has 0 radical (unpaired) electrons. The second-order valence-corrected chi connectivity index (χ2v) is 35.6. The van der Waals surface area contributed by atoms with Crippen LogP contribution in [-0.2, 0) is 4.77 Å². The normalized spacial score (nSPS) is 11.2. The predicted molar refractivity (Wildman–Crippen MR) is 49.9 cm³/mol. The Morgan fingerprint density at radius 3 is 1.50 bits per heavy atom. The van der Waals surface area contributed by atoms with E-state index in [9.17, 15) is 4.39 Å². The third kappa shape index (κ3) is 29.8. The molecule has 0 saturated heterocycles. The van der Waals surface area contributed by atoms with Gasteiger partial charge in [0.25, 0.3) is 0 Å². The molecule has 0 bridgehead atoms. The van der Waals surface area contributed by atoms with Gasteiger partial charge in [0.05, 0.1) is 0 Å². The maximum Gasteiger partial charge on any atom is -0.183 e. The molecule has 0 amide bonds. The average molecular weight is 467 g/mol. The standard InChI is InChI=1S/CH2F.3HI.V.H/c1-2;;;;;/h1H2;3*1H;;/q-1;;;;+3;/p-3/i;;;;;1+1. The smallest absolute Gasteiger partial charge is 0.183 e. The molecule has 0 atom stereocenters. The molecule has 0 aliphatic heterocycles. The summed E-state index contributed by atoms with van der Waals surface area (Å²) >= 11 is 6.57. The Bertz CT molecular complexity index is 30.4. The second kappa shape index (κ2) is 10.6. The van der Waals surface area contributed by atoms with Gasteiger partial charge in [0, 0.05) is 0 Å². The van der Waals surface area contributed by atoms with Gasteiger partial charge < -0.3 is 4.39 Å². The summed E-state index contributed by atoms with van der Waals surface area (Å²) in [6.45, 7) is 0. The van der Waals surface area contributed by atoms with E-state index in [0.29, 0.717) is 0 Å². The third-order valence-electron chi connectivity index (χ3n) is 0. The van der Waals surface area contributed by atoms with E-state index < -0.39 is 4.77 Å². The van der Waals surface area contributed by atoms with Crippen LogP contribution in [0.5, 0.6) is 0 Å². The van der Waals surface area contributed by atoms with E-state index in [1.807, 2.05) is 0 Å². The van der Waals surface area contributed by atoms with E-state index >= 15 is 0 Å². The number of hydrogen-bond acceptors (Lipinski definition) is 0. The van der Waals surface area contributed by atoms with Crippen LogP contribution >= 0.6 is 59.9 Å². The summed E-state index contributed by atoms with van der Waals surface area (Å²) in [7, 11) is 1.75. The van der Waals surface area contributed by atoms with Crippen molar-refractivity contribution in [3.8, 4) is 0 Å². The molecule has 0 saturated carbocycles. The third-order valence-corrected chi connectivity index (χ3v) is 0. The van der Waals surface area contributed by atoms with E-state index in [2.05, 4.69) is 59.9 Å². The molecule has 0 aliphatic rings. The average Bonchev–Trinajstić information content (AvgIpc) is 1.36. The van der Waals surface area contributed by atoms with Gasteiger partial charge in [-0.05, 0) is 0 Å². The van der Waals surface area contributed by atoms with Crippen molar-refractivity contribution < 1.29 is 9.16 Å². The molecule has 0 spiro atoms. The van der Waals surface area contributed by atoms with Crippen molar-refractivity contribution in [3.63, 3.8) is 0 Å². The molecule has 41 valence electrons. The summed E-state index contributed by atoms with van der Waals surface area (Å²) in [4.78, 5) is 0. The van der Waals surface area contributed by atoms with E-state index in [1.165, 1.54) is 0 Å². The topological polar surface area (TPSA) is 0 Å². The quantitative estimate of drug-likeness (QED) is 0.380. The minimum atomic E-state index is -1.72. The van der Waals surface area contributed by atoms with Crippen molar-refractivity contribution in [1.82, 2.24) is 0 Å². The van der Waals surface area contributed by atoms with Crippen molar-refractivity contribution in [2.75, 3.05) is 0 Å². The first-order chi connectivity index (χ1) is 3.00. The minimum Gasteiger partial charge on any atom is -0.463 e. The molecule has 0 nitrogen and oxygen atoms in total. The largest absolute Gasteiger partial charge is 0.463 e. The molecular formula is CH3FI3V-. The van der Waals surface area contributed by atoms with E-state index in [-0.39, 0.29) is 0 Å². The molecule has 0 rings (SSSR count). The Balaban J connectivity index is 0. The van der Waals surface area contributed by atoms with Crippen LogP contribution in [0.1, 0.15) is 0 Å². The zero-order valence-electron chi connectivity index (χ0n) is 3.67. The van der Waals surface area contributed by atoms with Crippen molar-refractivity contribution >= 4 is 59.9 Å². The van der Waals surface area contributed by atoms with Crippen LogP contribution in [0.2, 0.25) is 0 Å². The summed E-state index contributed by atoms with van der Waals surface area (Å²) in [5.41, 5.74) is 0. The van der Waals surface area contributed by atoms with Crippen molar-refractivity contribution in [1.29, 1.82) is 0.879 Å². The molecule has 0 aromatic rings. The summed E-state index contributed by atoms with van der Waals surface area (Å²) in [6.07, 6.45) is 0. The first-order valence-corrected chi connectivity index (χ1v) is 14.3. The van der Waals surface area contributed by atoms with E-state index in [4.69, 9.17) is 0.879 Å². The van der Waals surface area contributed by atoms with Gasteiger partial charge in [0.1, 0.15) is 0 Å². The van der Waals surface area contributed by atoms with Gasteiger partial charge in [0.15, 0.2) is 0 Å². The molecular weight excluding hydrogens is 463 g/mol. The van der Waals surface area contributed by atoms with Gasteiger partial charge in [-0.3, -0.25) is 0 Å². The molecule has 0 aliphatic carbocycles. The van der Waals surface area contributed by atoms with Crippen LogP contribution in [0.25, 0.3) is 0 Å². The Labute approximate surface area is 75.5 Å². The van der Waals surface area contributed by atoms with Crippen molar-refractivity contribution in [3.05, 3.63) is 7.18 Å². The maximum absolute atomic E-state index is 9.25. The monoisotopic (exact) mass is 467 g/mol. The Morgan fingerprint density at radius 2 is 1.50 bits per heavy atom. The first-order valence-electron chi connectivity index (χ1n) is 1.22. The zero-order valence-corrected chi connectivity index (χ0v) is 10.5. The van der Waals surface area contributed by atoms with Gasteiger partial charge in [-0.1, -0.05) is 0 Å². The molecule has 0 aromatic carbocycles. The zero-order chi connectivity index (χ0) is 6.50. The molecule has 0 aromatic heterocycles. The van der Waals surface area contributed by atoms with Crippen molar-refractivity contribution in [2.45, 2.75) is 0 Å². The van der Waals surface area contributed by atoms with E-state index in [1.54, 1.807) is 7.18 Å². The van der Waals surface area contributed by atoms with Gasteiger partial charge in [0.2, 0.25) is 0 Å². The molecule has 0 unspecified atom stereocenters.